The Balaban J connectivity index is 1.48. The van der Waals surface area contributed by atoms with Gasteiger partial charge in [-0.25, -0.2) is 19.4 Å². The van der Waals surface area contributed by atoms with Crippen molar-refractivity contribution in [3.8, 4) is 11.5 Å². The van der Waals surface area contributed by atoms with Crippen molar-refractivity contribution in [2.75, 3.05) is 16.9 Å². The molecular formula is C30H22N2O8. The third-order valence-corrected chi connectivity index (χ3v) is 6.02. The van der Waals surface area contributed by atoms with Crippen LogP contribution in [0.3, 0.4) is 0 Å². The third kappa shape index (κ3) is 5.05. The minimum Gasteiger partial charge on any atom is -0.493 e. The number of carboxylic acid groups (broad SMARTS) is 1. The van der Waals surface area contributed by atoms with Gasteiger partial charge in [-0.1, -0.05) is 42.5 Å². The highest BCUT2D eigenvalue weighted by molar-refractivity contribution is 6.46. The van der Waals surface area contributed by atoms with E-state index in [0.717, 1.165) is 9.80 Å². The first-order valence-corrected chi connectivity index (χ1v) is 12.0. The van der Waals surface area contributed by atoms with E-state index in [2.05, 4.69) is 0 Å². The summed E-state index contributed by atoms with van der Waals surface area (Å²) in [4.78, 5) is 53.5. The molecule has 0 spiro atoms. The molecule has 0 aliphatic carbocycles. The van der Waals surface area contributed by atoms with Crippen molar-refractivity contribution in [2.24, 2.45) is 0 Å². The zero-order chi connectivity index (χ0) is 28.2. The molecule has 1 saturated heterocycles. The Bertz CT molecular complexity index is 1560. The normalized spacial score (nSPS) is 13.4. The van der Waals surface area contributed by atoms with Crippen LogP contribution in [0.2, 0.25) is 0 Å². The second-order valence-corrected chi connectivity index (χ2v) is 8.56. The largest absolute Gasteiger partial charge is 0.493 e. The van der Waals surface area contributed by atoms with Gasteiger partial charge >= 0.3 is 12.0 Å². The number of carbonyl (C=O) groups is 4. The summed E-state index contributed by atoms with van der Waals surface area (Å²) in [6.45, 7) is -0.0543. The predicted octanol–water partition coefficient (Wildman–Crippen LogP) is 5.15. The number of imide groups is 2. The van der Waals surface area contributed by atoms with Crippen LogP contribution in [0.1, 0.15) is 21.9 Å². The number of hydrogen-bond donors (Lipinski definition) is 1. The molecule has 1 fully saturated rings. The number of barbiturate groups is 1. The standard InChI is InChI=1S/C30H22N2O8/c1-38-26-17-19(12-14-24(26)39-18-22-13-15-25(40-22)29(35)36)16-23-27(33)31(20-8-4-2-5-9-20)30(37)32(28(23)34)21-10-6-3-7-11-21/h2-17H,18H2,1H3,(H,35,36). The first-order chi connectivity index (χ1) is 19.4. The van der Waals surface area contributed by atoms with Crippen molar-refractivity contribution >= 4 is 41.3 Å². The first kappa shape index (κ1) is 26.0. The zero-order valence-electron chi connectivity index (χ0n) is 21.1. The quantitative estimate of drug-likeness (QED) is 0.241. The van der Waals surface area contributed by atoms with E-state index in [-0.39, 0.29) is 17.9 Å². The number of carboxylic acids is 1. The van der Waals surface area contributed by atoms with Crippen LogP contribution in [0.4, 0.5) is 16.2 Å². The lowest BCUT2D eigenvalue weighted by atomic mass is 10.0. The molecule has 10 heteroatoms. The number of furan rings is 1. The van der Waals surface area contributed by atoms with Crippen LogP contribution in [0.25, 0.3) is 6.08 Å². The number of urea groups is 1. The Morgan fingerprint density at radius 2 is 1.43 bits per heavy atom. The van der Waals surface area contributed by atoms with Crippen molar-refractivity contribution in [1.82, 2.24) is 0 Å². The molecule has 0 bridgehead atoms. The average Bonchev–Trinajstić information content (AvgIpc) is 3.45. The predicted molar refractivity (Wildman–Crippen MR) is 144 cm³/mol. The molecule has 2 heterocycles. The van der Waals surface area contributed by atoms with Gasteiger partial charge in [-0.05, 0) is 60.2 Å². The number of benzene rings is 3. The Kier molecular flexibility index (Phi) is 7.14. The van der Waals surface area contributed by atoms with Crippen LogP contribution in [0.5, 0.6) is 11.5 Å². The second-order valence-electron chi connectivity index (χ2n) is 8.56. The zero-order valence-corrected chi connectivity index (χ0v) is 21.1. The summed E-state index contributed by atoms with van der Waals surface area (Å²) in [6.07, 6.45) is 1.39. The summed E-state index contributed by atoms with van der Waals surface area (Å²) in [7, 11) is 1.43. The molecule has 200 valence electrons. The van der Waals surface area contributed by atoms with E-state index in [4.69, 9.17) is 19.0 Å². The fraction of sp³-hybridized carbons (Fsp3) is 0.0667. The fourth-order valence-corrected chi connectivity index (χ4v) is 4.12. The van der Waals surface area contributed by atoms with Gasteiger partial charge in [-0.2, -0.15) is 0 Å². The van der Waals surface area contributed by atoms with E-state index >= 15 is 0 Å². The van der Waals surface area contributed by atoms with E-state index in [9.17, 15) is 19.2 Å². The molecular weight excluding hydrogens is 516 g/mol. The van der Waals surface area contributed by atoms with E-state index in [1.807, 2.05) is 0 Å². The summed E-state index contributed by atoms with van der Waals surface area (Å²) in [5, 5.41) is 9.01. The van der Waals surface area contributed by atoms with Gasteiger partial charge in [0.2, 0.25) is 5.76 Å². The van der Waals surface area contributed by atoms with E-state index in [1.54, 1.807) is 78.9 Å². The van der Waals surface area contributed by atoms with Gasteiger partial charge in [0.15, 0.2) is 11.5 Å². The van der Waals surface area contributed by atoms with Gasteiger partial charge < -0.3 is 19.0 Å². The summed E-state index contributed by atoms with van der Waals surface area (Å²) in [6, 6.07) is 23.5. The molecule has 10 nitrogen and oxygen atoms in total. The number of methoxy groups -OCH3 is 1. The van der Waals surface area contributed by atoms with Gasteiger partial charge in [-0.3, -0.25) is 9.59 Å². The SMILES string of the molecule is COc1cc(C=C2C(=O)N(c3ccccc3)C(=O)N(c3ccccc3)C2=O)ccc1OCc1ccc(C(=O)O)o1. The lowest BCUT2D eigenvalue weighted by molar-refractivity contribution is -0.121. The van der Waals surface area contributed by atoms with Gasteiger partial charge in [0.25, 0.3) is 11.8 Å². The van der Waals surface area contributed by atoms with Crippen molar-refractivity contribution in [3.63, 3.8) is 0 Å². The minimum absolute atomic E-state index is 0.0543. The Morgan fingerprint density at radius 1 is 0.825 bits per heavy atom. The Morgan fingerprint density at radius 3 is 1.95 bits per heavy atom. The van der Waals surface area contributed by atoms with Crippen LogP contribution in [0, 0.1) is 0 Å². The van der Waals surface area contributed by atoms with E-state index in [1.165, 1.54) is 25.3 Å². The highest BCUT2D eigenvalue weighted by atomic mass is 16.5. The van der Waals surface area contributed by atoms with Crippen LogP contribution >= 0.6 is 0 Å². The van der Waals surface area contributed by atoms with Crippen molar-refractivity contribution in [1.29, 1.82) is 0 Å². The van der Waals surface area contributed by atoms with Crippen LogP contribution in [-0.4, -0.2) is 36.0 Å². The average molecular weight is 539 g/mol. The maximum absolute atomic E-state index is 13.5. The number of rotatable bonds is 8. The minimum atomic E-state index is -1.19. The van der Waals surface area contributed by atoms with Crippen molar-refractivity contribution in [3.05, 3.63) is 114 Å². The summed E-state index contributed by atoms with van der Waals surface area (Å²) in [5.74, 6) is -2.00. The molecule has 4 aromatic rings. The monoisotopic (exact) mass is 538 g/mol. The number of carbonyl (C=O) groups excluding carboxylic acids is 3. The second kappa shape index (κ2) is 11.0. The van der Waals surface area contributed by atoms with Crippen molar-refractivity contribution in [2.45, 2.75) is 6.61 Å². The first-order valence-electron chi connectivity index (χ1n) is 12.0. The van der Waals surface area contributed by atoms with Crippen molar-refractivity contribution < 1.29 is 38.2 Å². The molecule has 1 aliphatic heterocycles. The number of para-hydroxylation sites is 2. The Hall–Kier alpha value is -5.64. The maximum Gasteiger partial charge on any atom is 0.371 e. The molecule has 1 N–H and O–H groups in total. The number of amides is 4. The van der Waals surface area contributed by atoms with Crippen LogP contribution in [0.15, 0.2) is 101 Å². The summed E-state index contributed by atoms with van der Waals surface area (Å²) in [5.41, 5.74) is 0.867. The fourth-order valence-electron chi connectivity index (χ4n) is 4.12. The molecule has 3 aromatic carbocycles. The third-order valence-electron chi connectivity index (χ3n) is 6.02. The smallest absolute Gasteiger partial charge is 0.371 e. The van der Waals surface area contributed by atoms with Crippen LogP contribution < -0.4 is 19.3 Å². The molecule has 0 atom stereocenters. The molecule has 40 heavy (non-hydrogen) atoms. The number of hydrogen-bond acceptors (Lipinski definition) is 7. The molecule has 0 radical (unpaired) electrons. The lowest BCUT2D eigenvalue weighted by Crippen LogP contribution is -2.57. The van der Waals surface area contributed by atoms with Gasteiger partial charge in [-0.15, -0.1) is 0 Å². The molecule has 1 aliphatic rings. The molecule has 0 saturated carbocycles. The molecule has 5 rings (SSSR count). The molecule has 4 amide bonds. The summed E-state index contributed by atoms with van der Waals surface area (Å²) >= 11 is 0. The van der Waals surface area contributed by atoms with Gasteiger partial charge in [0.1, 0.15) is 17.9 Å². The van der Waals surface area contributed by atoms with E-state index in [0.29, 0.717) is 34.2 Å². The number of nitrogens with zero attached hydrogens (tertiary/aromatic N) is 2. The highest BCUT2D eigenvalue weighted by Crippen LogP contribution is 2.33. The van der Waals surface area contributed by atoms with Gasteiger partial charge in [0, 0.05) is 0 Å². The number of ether oxygens (including phenoxy) is 2. The van der Waals surface area contributed by atoms with E-state index < -0.39 is 23.8 Å². The Labute approximate surface area is 228 Å². The number of aromatic carboxylic acids is 1. The topological polar surface area (TPSA) is 127 Å². The molecule has 0 unspecified atom stereocenters. The number of anilines is 2. The van der Waals surface area contributed by atoms with Gasteiger partial charge in [0.05, 0.1) is 18.5 Å². The van der Waals surface area contributed by atoms with Crippen LogP contribution in [-0.2, 0) is 16.2 Å². The summed E-state index contributed by atoms with van der Waals surface area (Å²) < 4.78 is 16.4. The highest BCUT2D eigenvalue weighted by Gasteiger charge is 2.43. The maximum atomic E-state index is 13.5. The lowest BCUT2D eigenvalue weighted by Gasteiger charge is -2.33. The molecule has 1 aromatic heterocycles.